The van der Waals surface area contributed by atoms with Crippen LogP contribution < -0.4 is 15.5 Å². The van der Waals surface area contributed by atoms with E-state index in [1.54, 1.807) is 4.90 Å². The van der Waals surface area contributed by atoms with Gasteiger partial charge in [0, 0.05) is 54.3 Å². The number of urea groups is 1. The number of hydrogen-bond acceptors (Lipinski definition) is 3. The molecule has 0 atom stereocenters. The standard InChI is InChI=1S/C21H22ClN5O2/c22-16-2-1-3-18(12-16)26-8-10-27(11-9-26)21(29)24-14-20(28)25-17-5-4-15-6-7-23-19(15)13-17/h1-7,12-13,23H,8-11,14H2,(H,24,29)(H,25,28). The molecular formula is C21H22ClN5O2. The molecule has 0 saturated carbocycles. The molecule has 4 rings (SSSR count). The van der Waals surface area contributed by atoms with Gasteiger partial charge in [-0.05, 0) is 41.8 Å². The van der Waals surface area contributed by atoms with Crippen LogP contribution in [0, 0.1) is 0 Å². The molecule has 2 heterocycles. The van der Waals surface area contributed by atoms with Crippen LogP contribution in [0.4, 0.5) is 16.2 Å². The summed E-state index contributed by atoms with van der Waals surface area (Å²) in [6.45, 7) is 2.54. The van der Waals surface area contributed by atoms with Crippen LogP contribution in [0.15, 0.2) is 54.7 Å². The number of hydrogen-bond donors (Lipinski definition) is 3. The number of carbonyl (C=O) groups is 2. The van der Waals surface area contributed by atoms with Crippen LogP contribution in [0.3, 0.4) is 0 Å². The van der Waals surface area contributed by atoms with Gasteiger partial charge in [0.2, 0.25) is 5.91 Å². The summed E-state index contributed by atoms with van der Waals surface area (Å²) < 4.78 is 0. The van der Waals surface area contributed by atoms with E-state index in [0.29, 0.717) is 23.8 Å². The van der Waals surface area contributed by atoms with Gasteiger partial charge in [0.25, 0.3) is 0 Å². The fraction of sp³-hybridized carbons (Fsp3) is 0.238. The fourth-order valence-corrected chi connectivity index (χ4v) is 3.62. The number of halogens is 1. The molecule has 1 aromatic heterocycles. The van der Waals surface area contributed by atoms with Crippen molar-refractivity contribution in [2.24, 2.45) is 0 Å². The molecular weight excluding hydrogens is 390 g/mol. The summed E-state index contributed by atoms with van der Waals surface area (Å²) in [5.74, 6) is -0.262. The Bertz CT molecular complexity index is 1030. The number of piperazine rings is 1. The van der Waals surface area contributed by atoms with E-state index in [0.717, 1.165) is 29.7 Å². The van der Waals surface area contributed by atoms with E-state index in [9.17, 15) is 9.59 Å². The fourth-order valence-electron chi connectivity index (χ4n) is 3.44. The number of anilines is 2. The third kappa shape index (κ3) is 4.63. The number of aromatic nitrogens is 1. The SMILES string of the molecule is O=C(CNC(=O)N1CCN(c2cccc(Cl)c2)CC1)Nc1ccc2cc[nH]c2c1. The quantitative estimate of drug-likeness (QED) is 0.616. The normalized spacial score (nSPS) is 14.1. The number of carbonyl (C=O) groups excluding carboxylic acids is 2. The molecule has 0 spiro atoms. The molecule has 1 fully saturated rings. The first-order valence-electron chi connectivity index (χ1n) is 9.49. The van der Waals surface area contributed by atoms with Crippen LogP contribution in [0.1, 0.15) is 0 Å². The van der Waals surface area contributed by atoms with E-state index in [1.165, 1.54) is 0 Å². The van der Waals surface area contributed by atoms with Gasteiger partial charge in [0.15, 0.2) is 0 Å². The van der Waals surface area contributed by atoms with Crippen molar-refractivity contribution in [1.29, 1.82) is 0 Å². The van der Waals surface area contributed by atoms with E-state index < -0.39 is 0 Å². The highest BCUT2D eigenvalue weighted by Crippen LogP contribution is 2.21. The summed E-state index contributed by atoms with van der Waals surface area (Å²) >= 11 is 6.05. The maximum atomic E-state index is 12.4. The molecule has 3 amide bonds. The number of nitrogens with one attached hydrogen (secondary N) is 3. The van der Waals surface area contributed by atoms with Crippen LogP contribution in [0.5, 0.6) is 0 Å². The molecule has 2 aromatic carbocycles. The third-order valence-corrected chi connectivity index (χ3v) is 5.21. The number of fused-ring (bicyclic) bond motifs is 1. The number of rotatable bonds is 4. The van der Waals surface area contributed by atoms with Crippen LogP contribution in [0.2, 0.25) is 5.02 Å². The summed E-state index contributed by atoms with van der Waals surface area (Å²) in [5, 5.41) is 7.27. The van der Waals surface area contributed by atoms with Gasteiger partial charge in [0.1, 0.15) is 0 Å². The van der Waals surface area contributed by atoms with Gasteiger partial charge in [0.05, 0.1) is 6.54 Å². The number of nitrogens with zero attached hydrogens (tertiary/aromatic N) is 2. The Morgan fingerprint density at radius 1 is 1.03 bits per heavy atom. The molecule has 3 N–H and O–H groups in total. The summed E-state index contributed by atoms with van der Waals surface area (Å²) in [7, 11) is 0. The number of amides is 3. The average Bonchev–Trinajstić information content (AvgIpc) is 3.20. The molecule has 7 nitrogen and oxygen atoms in total. The van der Waals surface area contributed by atoms with Crippen LogP contribution in [-0.4, -0.2) is 54.5 Å². The molecule has 3 aromatic rings. The maximum absolute atomic E-state index is 12.4. The first-order valence-corrected chi connectivity index (χ1v) is 9.86. The first kappa shape index (κ1) is 19.1. The Labute approximate surface area is 173 Å². The lowest BCUT2D eigenvalue weighted by Crippen LogP contribution is -2.52. The zero-order valence-electron chi connectivity index (χ0n) is 15.8. The smallest absolute Gasteiger partial charge is 0.317 e. The molecule has 8 heteroatoms. The maximum Gasteiger partial charge on any atom is 0.317 e. The lowest BCUT2D eigenvalue weighted by molar-refractivity contribution is -0.115. The molecule has 150 valence electrons. The van der Waals surface area contributed by atoms with E-state index in [-0.39, 0.29) is 18.5 Å². The van der Waals surface area contributed by atoms with Crippen LogP contribution in [0.25, 0.3) is 10.9 Å². The highest BCUT2D eigenvalue weighted by molar-refractivity contribution is 6.30. The topological polar surface area (TPSA) is 80.5 Å². The summed E-state index contributed by atoms with van der Waals surface area (Å²) in [5.41, 5.74) is 2.69. The summed E-state index contributed by atoms with van der Waals surface area (Å²) in [4.78, 5) is 31.6. The molecule has 0 radical (unpaired) electrons. The average molecular weight is 412 g/mol. The number of benzene rings is 2. The minimum atomic E-state index is -0.262. The van der Waals surface area contributed by atoms with Gasteiger partial charge >= 0.3 is 6.03 Å². The Balaban J connectivity index is 1.24. The monoisotopic (exact) mass is 411 g/mol. The van der Waals surface area contributed by atoms with Gasteiger partial charge in [-0.15, -0.1) is 0 Å². The van der Waals surface area contributed by atoms with Crippen molar-refractivity contribution in [3.8, 4) is 0 Å². The van der Waals surface area contributed by atoms with Crippen LogP contribution in [-0.2, 0) is 4.79 Å². The second-order valence-electron chi connectivity index (χ2n) is 6.94. The zero-order valence-corrected chi connectivity index (χ0v) is 16.6. The van der Waals surface area contributed by atoms with Gasteiger partial charge < -0.3 is 25.4 Å². The molecule has 29 heavy (non-hydrogen) atoms. The van der Waals surface area contributed by atoms with E-state index in [2.05, 4.69) is 20.5 Å². The Morgan fingerprint density at radius 3 is 2.66 bits per heavy atom. The minimum absolute atomic E-state index is 0.0733. The first-order chi connectivity index (χ1) is 14.1. The van der Waals surface area contributed by atoms with Crippen molar-refractivity contribution < 1.29 is 9.59 Å². The van der Waals surface area contributed by atoms with Gasteiger partial charge in [-0.3, -0.25) is 4.79 Å². The van der Waals surface area contributed by atoms with E-state index >= 15 is 0 Å². The van der Waals surface area contributed by atoms with Gasteiger partial charge in [-0.2, -0.15) is 0 Å². The predicted octanol–water partition coefficient (Wildman–Crippen LogP) is 3.29. The zero-order chi connectivity index (χ0) is 20.2. The van der Waals surface area contributed by atoms with Crippen LogP contribution >= 0.6 is 11.6 Å². The predicted molar refractivity (Wildman–Crippen MR) is 116 cm³/mol. The molecule has 0 aliphatic carbocycles. The second kappa shape index (κ2) is 8.45. The van der Waals surface area contributed by atoms with Crippen molar-refractivity contribution in [1.82, 2.24) is 15.2 Å². The van der Waals surface area contributed by atoms with Crippen molar-refractivity contribution in [3.63, 3.8) is 0 Å². The molecule has 1 saturated heterocycles. The lowest BCUT2D eigenvalue weighted by Gasteiger charge is -2.36. The summed E-state index contributed by atoms with van der Waals surface area (Å²) in [6.07, 6.45) is 1.85. The summed E-state index contributed by atoms with van der Waals surface area (Å²) in [6, 6.07) is 15.1. The lowest BCUT2D eigenvalue weighted by atomic mass is 10.2. The Hall–Kier alpha value is -3.19. The highest BCUT2D eigenvalue weighted by atomic mass is 35.5. The molecule has 1 aliphatic rings. The molecule has 0 unspecified atom stereocenters. The second-order valence-corrected chi connectivity index (χ2v) is 7.38. The van der Waals surface area contributed by atoms with Crippen molar-refractivity contribution in [2.45, 2.75) is 0 Å². The Kier molecular flexibility index (Phi) is 5.57. The molecule has 0 bridgehead atoms. The van der Waals surface area contributed by atoms with Crippen molar-refractivity contribution in [3.05, 3.63) is 59.8 Å². The van der Waals surface area contributed by atoms with Crippen molar-refractivity contribution in [2.75, 3.05) is 42.9 Å². The molecule has 1 aliphatic heterocycles. The van der Waals surface area contributed by atoms with Gasteiger partial charge in [-0.1, -0.05) is 23.7 Å². The Morgan fingerprint density at radius 2 is 1.86 bits per heavy atom. The number of H-pyrrole nitrogens is 1. The minimum Gasteiger partial charge on any atom is -0.368 e. The van der Waals surface area contributed by atoms with E-state index in [1.807, 2.05) is 54.7 Å². The largest absolute Gasteiger partial charge is 0.368 e. The van der Waals surface area contributed by atoms with Gasteiger partial charge in [-0.25, -0.2) is 4.79 Å². The highest BCUT2D eigenvalue weighted by Gasteiger charge is 2.21. The number of aromatic amines is 1. The van der Waals surface area contributed by atoms with E-state index in [4.69, 9.17) is 11.6 Å². The third-order valence-electron chi connectivity index (χ3n) is 4.98. The van der Waals surface area contributed by atoms with Crippen molar-refractivity contribution >= 4 is 45.8 Å².